The van der Waals surface area contributed by atoms with Crippen molar-refractivity contribution in [2.24, 2.45) is 0 Å². The lowest BCUT2D eigenvalue weighted by Crippen LogP contribution is -2.01. The summed E-state index contributed by atoms with van der Waals surface area (Å²) in [5, 5.41) is 0. The largest absolute Gasteiger partial charge is 0.369 e. The van der Waals surface area contributed by atoms with E-state index in [0.29, 0.717) is 36.6 Å². The zero-order valence-corrected chi connectivity index (χ0v) is 14.9. The first-order valence-electron chi connectivity index (χ1n) is 9.69. The average Bonchev–Trinajstić information content (AvgIpc) is 3.46. The van der Waals surface area contributed by atoms with Crippen molar-refractivity contribution in [1.29, 1.82) is 0 Å². The van der Waals surface area contributed by atoms with E-state index in [1.807, 2.05) is 6.08 Å². The molecule has 0 N–H and O–H groups in total. The fraction of sp³-hybridized carbons (Fsp3) is 0.714. The maximum Gasteiger partial charge on any atom is 0.0877 e. The Labute approximate surface area is 146 Å². The van der Waals surface area contributed by atoms with Crippen molar-refractivity contribution in [3.8, 4) is 0 Å². The molecule has 0 unspecified atom stereocenters. The number of rotatable bonds is 13. The van der Waals surface area contributed by atoms with Gasteiger partial charge in [0.1, 0.15) is 0 Å². The van der Waals surface area contributed by atoms with Crippen molar-refractivity contribution in [2.45, 2.75) is 94.9 Å². The summed E-state index contributed by atoms with van der Waals surface area (Å²) in [6.45, 7) is 5.92. The highest BCUT2D eigenvalue weighted by Gasteiger charge is 2.47. The van der Waals surface area contributed by atoms with Gasteiger partial charge in [-0.1, -0.05) is 37.3 Å². The zero-order valence-electron chi connectivity index (χ0n) is 14.9. The van der Waals surface area contributed by atoms with Crippen LogP contribution in [0.25, 0.3) is 0 Å². The van der Waals surface area contributed by atoms with Gasteiger partial charge >= 0.3 is 0 Å². The standard InChI is InChI=1S/C21H32O3/c1-3-5-7-11-16-17(22-16)13-9-10-14-19-21(24-19)15-20-18(23-20)12-8-6-4-2/h3,6,8-10,16-21H,1,4-5,7,11-15H2,2H3/b8-6-,10-9-/t16-,17-,18-,19-,20-,21-/m1/s1. The van der Waals surface area contributed by atoms with Crippen LogP contribution in [0.5, 0.6) is 0 Å². The minimum atomic E-state index is 0.417. The van der Waals surface area contributed by atoms with Crippen LogP contribution in [0.1, 0.15) is 58.3 Å². The van der Waals surface area contributed by atoms with E-state index >= 15 is 0 Å². The van der Waals surface area contributed by atoms with Gasteiger partial charge in [-0.25, -0.2) is 0 Å². The summed E-state index contributed by atoms with van der Waals surface area (Å²) < 4.78 is 17.2. The topological polar surface area (TPSA) is 37.6 Å². The molecule has 0 radical (unpaired) electrons. The molecule has 0 bridgehead atoms. The number of allylic oxidation sites excluding steroid dienone is 2. The third-order valence-electron chi connectivity index (χ3n) is 5.10. The van der Waals surface area contributed by atoms with Gasteiger partial charge in [0.25, 0.3) is 0 Å². The van der Waals surface area contributed by atoms with Gasteiger partial charge in [0, 0.05) is 6.42 Å². The molecule has 3 aliphatic heterocycles. The molecule has 0 spiro atoms. The van der Waals surface area contributed by atoms with Crippen LogP contribution in [0.2, 0.25) is 0 Å². The van der Waals surface area contributed by atoms with Crippen LogP contribution in [0, 0.1) is 0 Å². The minimum Gasteiger partial charge on any atom is -0.369 e. The van der Waals surface area contributed by atoms with Crippen LogP contribution in [-0.2, 0) is 14.2 Å². The fourth-order valence-electron chi connectivity index (χ4n) is 3.38. The van der Waals surface area contributed by atoms with E-state index in [1.54, 1.807) is 0 Å². The number of ether oxygens (including phenoxy) is 3. The number of unbranched alkanes of at least 4 members (excludes halogenated alkanes) is 1. The number of hydrogen-bond acceptors (Lipinski definition) is 3. The molecule has 3 aliphatic rings. The van der Waals surface area contributed by atoms with Gasteiger partial charge in [-0.15, -0.1) is 6.58 Å². The molecule has 6 atom stereocenters. The first kappa shape index (κ1) is 17.9. The lowest BCUT2D eigenvalue weighted by molar-refractivity contribution is 0.324. The summed E-state index contributed by atoms with van der Waals surface area (Å²) in [6, 6.07) is 0. The summed E-state index contributed by atoms with van der Waals surface area (Å²) in [7, 11) is 0. The van der Waals surface area contributed by atoms with Crippen molar-refractivity contribution in [3.05, 3.63) is 37.0 Å². The first-order valence-corrected chi connectivity index (χ1v) is 9.69. The van der Waals surface area contributed by atoms with E-state index in [1.165, 1.54) is 12.8 Å². The maximum atomic E-state index is 5.76. The van der Waals surface area contributed by atoms with Gasteiger partial charge < -0.3 is 14.2 Å². The smallest absolute Gasteiger partial charge is 0.0877 e. The van der Waals surface area contributed by atoms with Crippen molar-refractivity contribution < 1.29 is 14.2 Å². The van der Waals surface area contributed by atoms with Crippen molar-refractivity contribution in [3.63, 3.8) is 0 Å². The highest BCUT2D eigenvalue weighted by molar-refractivity contribution is 5.01. The van der Waals surface area contributed by atoms with E-state index in [4.69, 9.17) is 14.2 Å². The molecule has 0 aromatic heterocycles. The van der Waals surface area contributed by atoms with Gasteiger partial charge in [-0.2, -0.15) is 0 Å². The third-order valence-corrected chi connectivity index (χ3v) is 5.10. The second-order valence-corrected chi connectivity index (χ2v) is 7.15. The summed E-state index contributed by atoms with van der Waals surface area (Å²) in [5.74, 6) is 0. The monoisotopic (exact) mass is 332 g/mol. The van der Waals surface area contributed by atoms with Crippen molar-refractivity contribution in [1.82, 2.24) is 0 Å². The molecule has 0 aromatic rings. The summed E-state index contributed by atoms with van der Waals surface area (Å²) in [4.78, 5) is 0. The van der Waals surface area contributed by atoms with Gasteiger partial charge in [-0.05, 0) is 44.9 Å². The molecular formula is C21H32O3. The number of hydrogen-bond donors (Lipinski definition) is 0. The molecule has 134 valence electrons. The minimum absolute atomic E-state index is 0.417. The Bertz CT molecular complexity index is 456. The Morgan fingerprint density at radius 1 is 0.750 bits per heavy atom. The predicted octanol–water partition coefficient (Wildman–Crippen LogP) is 4.73. The van der Waals surface area contributed by atoms with Crippen molar-refractivity contribution in [2.75, 3.05) is 0 Å². The molecule has 0 saturated carbocycles. The van der Waals surface area contributed by atoms with Gasteiger partial charge in [0.05, 0.1) is 36.6 Å². The van der Waals surface area contributed by atoms with Crippen LogP contribution in [-0.4, -0.2) is 36.6 Å². The molecule has 3 heteroatoms. The Hall–Kier alpha value is -0.900. The zero-order chi connectivity index (χ0) is 16.8. The van der Waals surface area contributed by atoms with Crippen LogP contribution < -0.4 is 0 Å². The Morgan fingerprint density at radius 2 is 1.29 bits per heavy atom. The Morgan fingerprint density at radius 3 is 1.88 bits per heavy atom. The molecule has 0 aliphatic carbocycles. The molecule has 3 fully saturated rings. The summed E-state index contributed by atoms with van der Waals surface area (Å²) in [5.41, 5.74) is 0. The Balaban J connectivity index is 1.18. The molecule has 3 nitrogen and oxygen atoms in total. The molecule has 0 amide bonds. The molecule has 3 rings (SSSR count). The molecule has 3 saturated heterocycles. The number of epoxide rings is 3. The van der Waals surface area contributed by atoms with Crippen LogP contribution in [0.3, 0.4) is 0 Å². The van der Waals surface area contributed by atoms with Crippen LogP contribution >= 0.6 is 0 Å². The average molecular weight is 332 g/mol. The molecule has 0 aromatic carbocycles. The van der Waals surface area contributed by atoms with E-state index in [9.17, 15) is 0 Å². The highest BCUT2D eigenvalue weighted by Crippen LogP contribution is 2.38. The van der Waals surface area contributed by atoms with Gasteiger partial charge in [0.15, 0.2) is 0 Å². The third kappa shape index (κ3) is 5.87. The fourth-order valence-corrected chi connectivity index (χ4v) is 3.38. The first-order chi connectivity index (χ1) is 11.8. The van der Waals surface area contributed by atoms with Crippen molar-refractivity contribution >= 4 is 0 Å². The second-order valence-electron chi connectivity index (χ2n) is 7.15. The van der Waals surface area contributed by atoms with E-state index in [-0.39, 0.29) is 0 Å². The summed E-state index contributed by atoms with van der Waals surface area (Å²) >= 11 is 0. The highest BCUT2D eigenvalue weighted by atomic mass is 16.6. The Kier molecular flexibility index (Phi) is 6.70. The molecule has 3 heterocycles. The second kappa shape index (κ2) is 8.98. The molecule has 24 heavy (non-hydrogen) atoms. The lowest BCUT2D eigenvalue weighted by Gasteiger charge is -1.92. The maximum absolute atomic E-state index is 5.76. The van der Waals surface area contributed by atoms with Gasteiger partial charge in [-0.3, -0.25) is 0 Å². The predicted molar refractivity (Wildman–Crippen MR) is 97.1 cm³/mol. The van der Waals surface area contributed by atoms with E-state index in [2.05, 4.69) is 37.8 Å². The van der Waals surface area contributed by atoms with Crippen LogP contribution in [0.15, 0.2) is 37.0 Å². The van der Waals surface area contributed by atoms with E-state index < -0.39 is 0 Å². The molecular weight excluding hydrogens is 300 g/mol. The summed E-state index contributed by atoms with van der Waals surface area (Å²) in [6.07, 6.45) is 22.4. The van der Waals surface area contributed by atoms with E-state index in [0.717, 1.165) is 38.5 Å². The normalized spacial score (nSPS) is 37.2. The van der Waals surface area contributed by atoms with Crippen LogP contribution in [0.4, 0.5) is 0 Å². The lowest BCUT2D eigenvalue weighted by atomic mass is 10.1. The quantitative estimate of drug-likeness (QED) is 0.278. The SMILES string of the molecule is C=CCCC[C@H]1O[C@@H]1C/C=C\C[C@H]1O[C@@H]1C[C@H]1O[C@@H]1C/C=C\CC. The van der Waals surface area contributed by atoms with Gasteiger partial charge in [0.2, 0.25) is 0 Å².